The topological polar surface area (TPSA) is 116 Å². The second-order valence-electron chi connectivity index (χ2n) is 4.69. The van der Waals surface area contributed by atoms with Gasteiger partial charge >= 0.3 is 0 Å². The third-order valence-corrected chi connectivity index (χ3v) is 3.82. The van der Waals surface area contributed by atoms with Crippen LogP contribution in [0.5, 0.6) is 0 Å². The van der Waals surface area contributed by atoms with Gasteiger partial charge in [0, 0.05) is 18.3 Å². The van der Waals surface area contributed by atoms with Crippen molar-refractivity contribution >= 4 is 29.2 Å². The lowest BCUT2D eigenvalue weighted by Gasteiger charge is -2.21. The maximum atomic E-state index is 13.0. The number of hydrogen-bond acceptors (Lipinski definition) is 6. The molecule has 0 spiro atoms. The largest absolute Gasteiger partial charge is 0.383 e. The lowest BCUT2D eigenvalue weighted by molar-refractivity contribution is -0.116. The number of rotatable bonds is 6. The average Bonchev–Trinajstić information content (AvgIpc) is 2.54. The fourth-order valence-corrected chi connectivity index (χ4v) is 2.67. The van der Waals surface area contributed by atoms with E-state index in [0.717, 1.165) is 17.8 Å². The lowest BCUT2D eigenvalue weighted by atomic mass is 10.2. The Labute approximate surface area is 141 Å². The molecule has 124 valence electrons. The zero-order chi connectivity index (χ0) is 17.5. The van der Waals surface area contributed by atoms with Crippen molar-refractivity contribution in [3.63, 3.8) is 0 Å². The van der Waals surface area contributed by atoms with E-state index >= 15 is 0 Å². The maximum Gasteiger partial charge on any atom is 0.253 e. The fourth-order valence-electron chi connectivity index (χ4n) is 1.91. The molecule has 7 nitrogen and oxygen atoms in total. The number of aromatic amines is 1. The molecule has 24 heavy (non-hydrogen) atoms. The first kappa shape index (κ1) is 17.5. The second kappa shape index (κ2) is 8.12. The van der Waals surface area contributed by atoms with Crippen LogP contribution in [0.15, 0.2) is 40.3 Å². The zero-order valence-electron chi connectivity index (χ0n) is 12.5. The van der Waals surface area contributed by atoms with Crippen LogP contribution < -0.4 is 16.2 Å². The summed E-state index contributed by atoms with van der Waals surface area (Å²) in [6, 6.07) is 8.53. The van der Waals surface area contributed by atoms with Gasteiger partial charge in [-0.15, -0.1) is 0 Å². The van der Waals surface area contributed by atoms with Crippen molar-refractivity contribution in [2.75, 3.05) is 22.9 Å². The van der Waals surface area contributed by atoms with E-state index in [0.29, 0.717) is 5.69 Å². The summed E-state index contributed by atoms with van der Waals surface area (Å²) >= 11 is 1.02. The van der Waals surface area contributed by atoms with Crippen LogP contribution in [0.3, 0.4) is 0 Å². The summed E-state index contributed by atoms with van der Waals surface area (Å²) in [4.78, 5) is 31.5. The molecular weight excluding hydrogens is 333 g/mol. The molecule has 0 bridgehead atoms. The van der Waals surface area contributed by atoms with Gasteiger partial charge in [0.2, 0.25) is 5.91 Å². The lowest BCUT2D eigenvalue weighted by Crippen LogP contribution is -2.33. The Kier molecular flexibility index (Phi) is 5.92. The van der Waals surface area contributed by atoms with Gasteiger partial charge in [0.25, 0.3) is 5.56 Å². The number of nitrogens with one attached hydrogen (secondary N) is 1. The van der Waals surface area contributed by atoms with Crippen molar-refractivity contribution in [2.24, 2.45) is 0 Å². The third kappa shape index (κ3) is 4.82. The molecule has 1 heterocycles. The number of thioether (sulfide) groups is 1. The Bertz CT molecular complexity index is 816. The number of benzene rings is 1. The molecule has 0 atom stereocenters. The molecule has 0 unspecified atom stereocenters. The van der Waals surface area contributed by atoms with Crippen molar-refractivity contribution in [3.05, 3.63) is 46.5 Å². The fraction of sp³-hybridized carbons (Fsp3) is 0.200. The highest BCUT2D eigenvalue weighted by atomic mass is 32.2. The Morgan fingerprint density at radius 3 is 2.75 bits per heavy atom. The number of hydrogen-bond donors (Lipinski definition) is 2. The molecule has 2 rings (SSSR count). The van der Waals surface area contributed by atoms with E-state index in [2.05, 4.69) is 9.97 Å². The molecule has 1 amide bonds. The minimum atomic E-state index is -0.414. The van der Waals surface area contributed by atoms with Gasteiger partial charge in [-0.3, -0.25) is 9.59 Å². The van der Waals surface area contributed by atoms with Gasteiger partial charge in [-0.25, -0.2) is 9.37 Å². The van der Waals surface area contributed by atoms with Gasteiger partial charge in [-0.1, -0.05) is 11.8 Å². The van der Waals surface area contributed by atoms with E-state index in [-0.39, 0.29) is 35.6 Å². The van der Waals surface area contributed by atoms with Crippen LogP contribution in [-0.4, -0.2) is 28.2 Å². The molecule has 0 aliphatic rings. The Hall–Kier alpha value is -2.86. The molecule has 0 aliphatic heterocycles. The van der Waals surface area contributed by atoms with E-state index in [1.807, 2.05) is 6.07 Å². The molecule has 0 saturated heterocycles. The smallest absolute Gasteiger partial charge is 0.253 e. The minimum absolute atomic E-state index is 0.0187. The highest BCUT2D eigenvalue weighted by molar-refractivity contribution is 7.99. The molecule has 0 saturated carbocycles. The van der Waals surface area contributed by atoms with E-state index < -0.39 is 11.4 Å². The van der Waals surface area contributed by atoms with Crippen LogP contribution >= 0.6 is 11.8 Å². The SMILES string of the molecule is N#CCCN(C(=O)CSc1nc(N)cc(=O)[nH]1)c1ccc(F)cc1. The molecule has 1 aromatic carbocycles. The number of halogens is 1. The molecule has 0 aliphatic carbocycles. The number of H-pyrrole nitrogens is 1. The van der Waals surface area contributed by atoms with Crippen molar-refractivity contribution in [2.45, 2.75) is 11.6 Å². The number of carbonyl (C=O) groups excluding carboxylic acids is 1. The molecule has 2 aromatic rings. The molecule has 3 N–H and O–H groups in total. The van der Waals surface area contributed by atoms with Crippen molar-refractivity contribution < 1.29 is 9.18 Å². The zero-order valence-corrected chi connectivity index (χ0v) is 13.3. The summed E-state index contributed by atoms with van der Waals surface area (Å²) < 4.78 is 13.0. The first-order chi connectivity index (χ1) is 11.5. The highest BCUT2D eigenvalue weighted by Gasteiger charge is 2.16. The number of carbonyl (C=O) groups is 1. The summed E-state index contributed by atoms with van der Waals surface area (Å²) in [5.41, 5.74) is 5.57. The summed E-state index contributed by atoms with van der Waals surface area (Å²) in [5.74, 6) is -0.669. The van der Waals surface area contributed by atoms with Gasteiger partial charge in [0.05, 0.1) is 18.2 Å². The standard InChI is InChI=1S/C15H14FN5O2S/c16-10-2-4-11(5-3-10)21(7-1-6-17)14(23)9-24-15-19-12(18)8-13(22)20-15/h2-5,8H,1,7,9H2,(H3,18,19,20,22). The van der Waals surface area contributed by atoms with Crippen LogP contribution in [0.4, 0.5) is 15.9 Å². The number of aromatic nitrogens is 2. The molecule has 9 heteroatoms. The predicted molar refractivity (Wildman–Crippen MR) is 89.0 cm³/mol. The Morgan fingerprint density at radius 1 is 1.42 bits per heavy atom. The normalized spacial score (nSPS) is 10.2. The summed E-state index contributed by atoms with van der Waals surface area (Å²) in [7, 11) is 0. The van der Waals surface area contributed by atoms with E-state index in [1.54, 1.807) is 0 Å². The van der Waals surface area contributed by atoms with Crippen LogP contribution in [0, 0.1) is 17.1 Å². The van der Waals surface area contributed by atoms with Crippen molar-refractivity contribution in [1.29, 1.82) is 5.26 Å². The van der Waals surface area contributed by atoms with Crippen LogP contribution in [0.1, 0.15) is 6.42 Å². The second-order valence-corrected chi connectivity index (χ2v) is 5.66. The average molecular weight is 347 g/mol. The van der Waals surface area contributed by atoms with Crippen molar-refractivity contribution in [3.8, 4) is 6.07 Å². The molecule has 0 fully saturated rings. The quantitative estimate of drug-likeness (QED) is 0.605. The highest BCUT2D eigenvalue weighted by Crippen LogP contribution is 2.19. The summed E-state index contributed by atoms with van der Waals surface area (Å²) in [5, 5.41) is 8.97. The Morgan fingerprint density at radius 2 is 2.12 bits per heavy atom. The van der Waals surface area contributed by atoms with E-state index in [9.17, 15) is 14.0 Å². The van der Waals surface area contributed by atoms with E-state index in [1.165, 1.54) is 29.2 Å². The Balaban J connectivity index is 2.11. The first-order valence-electron chi connectivity index (χ1n) is 6.92. The number of nitrogens with two attached hydrogens (primary N) is 1. The van der Waals surface area contributed by atoms with Gasteiger partial charge in [-0.2, -0.15) is 5.26 Å². The summed E-state index contributed by atoms with van der Waals surface area (Å²) in [6.07, 6.45) is 0.140. The molecule has 1 aromatic heterocycles. The number of nitriles is 1. The van der Waals surface area contributed by atoms with Crippen LogP contribution in [0.2, 0.25) is 0 Å². The van der Waals surface area contributed by atoms with Gasteiger partial charge in [0.1, 0.15) is 11.6 Å². The maximum absolute atomic E-state index is 13.0. The van der Waals surface area contributed by atoms with E-state index in [4.69, 9.17) is 11.0 Å². The van der Waals surface area contributed by atoms with Crippen LogP contribution in [-0.2, 0) is 4.79 Å². The number of anilines is 2. The summed E-state index contributed by atoms with van der Waals surface area (Å²) in [6.45, 7) is 0.183. The first-order valence-corrected chi connectivity index (χ1v) is 7.90. The predicted octanol–water partition coefficient (Wildman–Crippen LogP) is 1.53. The monoisotopic (exact) mass is 347 g/mol. The minimum Gasteiger partial charge on any atom is -0.383 e. The van der Waals surface area contributed by atoms with Crippen LogP contribution in [0.25, 0.3) is 0 Å². The van der Waals surface area contributed by atoms with Gasteiger partial charge < -0.3 is 15.6 Å². The third-order valence-electron chi connectivity index (χ3n) is 2.96. The van der Waals surface area contributed by atoms with Gasteiger partial charge in [0.15, 0.2) is 5.16 Å². The number of nitrogens with zero attached hydrogens (tertiary/aromatic N) is 3. The molecule has 0 radical (unpaired) electrons. The number of amides is 1. The molecular formula is C15H14FN5O2S. The van der Waals surface area contributed by atoms with Gasteiger partial charge in [-0.05, 0) is 24.3 Å². The number of nitrogen functional groups attached to an aromatic ring is 1. The van der Waals surface area contributed by atoms with Crippen molar-refractivity contribution in [1.82, 2.24) is 9.97 Å².